The maximum Gasteiger partial charge on any atom is 0.254 e. The number of aryl methyl sites for hydroxylation is 1. The molecule has 1 amide bonds. The molecule has 0 saturated carbocycles. The Morgan fingerprint density at radius 3 is 2.69 bits per heavy atom. The maximum atomic E-state index is 12.8. The number of hydrogen-bond acceptors (Lipinski definition) is 5. The molecule has 0 saturated heterocycles. The minimum Gasteiger partial charge on any atom is -0.456 e. The van der Waals surface area contributed by atoms with Crippen LogP contribution in [0.1, 0.15) is 28.9 Å². The second-order valence-electron chi connectivity index (χ2n) is 6.08. The molecule has 0 fully saturated rings. The molecular weight excluding hydrogens is 330 g/mol. The molecule has 7 nitrogen and oxygen atoms in total. The van der Waals surface area contributed by atoms with E-state index >= 15 is 0 Å². The molecule has 0 spiro atoms. The maximum absolute atomic E-state index is 12.8. The highest BCUT2D eigenvalue weighted by Gasteiger charge is 2.24. The van der Waals surface area contributed by atoms with Crippen molar-refractivity contribution in [1.82, 2.24) is 24.6 Å². The van der Waals surface area contributed by atoms with E-state index in [1.54, 1.807) is 41.6 Å². The van der Waals surface area contributed by atoms with Crippen LogP contribution in [0.3, 0.4) is 0 Å². The van der Waals surface area contributed by atoms with Crippen molar-refractivity contribution in [3.63, 3.8) is 0 Å². The lowest BCUT2D eigenvalue weighted by atomic mass is 10.1. The van der Waals surface area contributed by atoms with E-state index in [-0.39, 0.29) is 5.91 Å². The molecule has 3 heterocycles. The van der Waals surface area contributed by atoms with Crippen LogP contribution < -0.4 is 4.74 Å². The first-order valence-corrected chi connectivity index (χ1v) is 8.63. The van der Waals surface area contributed by atoms with Gasteiger partial charge in [0, 0.05) is 31.3 Å². The summed E-state index contributed by atoms with van der Waals surface area (Å²) in [7, 11) is 0. The highest BCUT2D eigenvalue weighted by Crippen LogP contribution is 2.22. The summed E-state index contributed by atoms with van der Waals surface area (Å²) >= 11 is 0. The number of pyridine rings is 1. The van der Waals surface area contributed by atoms with Gasteiger partial charge in [-0.3, -0.25) is 9.78 Å². The van der Waals surface area contributed by atoms with Crippen LogP contribution in [0.25, 0.3) is 0 Å². The molecule has 0 aliphatic carbocycles. The Labute approximate surface area is 151 Å². The molecule has 1 aliphatic rings. The fourth-order valence-electron chi connectivity index (χ4n) is 3.04. The quantitative estimate of drug-likeness (QED) is 0.724. The number of benzene rings is 1. The van der Waals surface area contributed by atoms with Crippen molar-refractivity contribution in [3.05, 3.63) is 66.0 Å². The van der Waals surface area contributed by atoms with Crippen LogP contribution in [0.4, 0.5) is 0 Å². The van der Waals surface area contributed by atoms with E-state index in [9.17, 15) is 4.79 Å². The van der Waals surface area contributed by atoms with E-state index in [0.29, 0.717) is 30.2 Å². The van der Waals surface area contributed by atoms with E-state index < -0.39 is 0 Å². The second kappa shape index (κ2) is 6.95. The normalized spacial score (nSPS) is 13.3. The molecule has 0 unspecified atom stereocenters. The summed E-state index contributed by atoms with van der Waals surface area (Å²) in [6.45, 7) is 3.94. The summed E-state index contributed by atoms with van der Waals surface area (Å²) in [5, 5.41) is 8.40. The highest BCUT2D eigenvalue weighted by molar-refractivity contribution is 5.94. The van der Waals surface area contributed by atoms with Gasteiger partial charge in [-0.25, -0.2) is 0 Å². The Bertz CT molecular complexity index is 905. The summed E-state index contributed by atoms with van der Waals surface area (Å²) in [5.41, 5.74) is 0.632. The van der Waals surface area contributed by atoms with Gasteiger partial charge in [-0.15, -0.1) is 10.2 Å². The zero-order valence-electron chi connectivity index (χ0n) is 14.5. The molecule has 132 valence electrons. The predicted octanol–water partition coefficient (Wildman–Crippen LogP) is 2.68. The first-order chi connectivity index (χ1) is 12.7. The van der Waals surface area contributed by atoms with Crippen molar-refractivity contribution < 1.29 is 9.53 Å². The van der Waals surface area contributed by atoms with Crippen molar-refractivity contribution in [1.29, 1.82) is 0 Å². The fourth-order valence-corrected chi connectivity index (χ4v) is 3.04. The molecule has 0 atom stereocenters. The largest absolute Gasteiger partial charge is 0.456 e. The smallest absolute Gasteiger partial charge is 0.254 e. The monoisotopic (exact) mass is 349 g/mol. The Morgan fingerprint density at radius 2 is 1.96 bits per heavy atom. The average Bonchev–Trinajstić information content (AvgIpc) is 3.11. The number of ether oxygens (including phenoxy) is 1. The first kappa shape index (κ1) is 16.3. The number of nitrogens with zero attached hydrogens (tertiary/aromatic N) is 5. The van der Waals surface area contributed by atoms with Gasteiger partial charge in [0.05, 0.1) is 12.7 Å². The number of aromatic nitrogens is 4. The van der Waals surface area contributed by atoms with Gasteiger partial charge in [-0.1, -0.05) is 6.92 Å². The molecule has 1 aromatic carbocycles. The van der Waals surface area contributed by atoms with Crippen molar-refractivity contribution in [2.24, 2.45) is 0 Å². The van der Waals surface area contributed by atoms with Crippen LogP contribution >= 0.6 is 0 Å². The molecule has 0 bridgehead atoms. The standard InChI is InChI=1S/C19H19N5O2/c1-2-17-21-22-18-13-23(10-11-24(17)18)19(25)14-5-7-15(8-6-14)26-16-4-3-9-20-12-16/h3-9,12H,2,10-11,13H2,1H3. The van der Waals surface area contributed by atoms with Gasteiger partial charge >= 0.3 is 0 Å². The SMILES string of the molecule is CCc1nnc2n1CCN(C(=O)c1ccc(Oc3cccnc3)cc1)C2. The first-order valence-electron chi connectivity index (χ1n) is 8.63. The number of fused-ring (bicyclic) bond motifs is 1. The number of carbonyl (C=O) groups excluding carboxylic acids is 1. The van der Waals surface area contributed by atoms with E-state index in [0.717, 1.165) is 24.6 Å². The minimum absolute atomic E-state index is 0.00905. The predicted molar refractivity (Wildman–Crippen MR) is 94.9 cm³/mol. The van der Waals surface area contributed by atoms with Crippen LogP contribution in [0, 0.1) is 0 Å². The number of hydrogen-bond donors (Lipinski definition) is 0. The molecule has 0 radical (unpaired) electrons. The topological polar surface area (TPSA) is 73.1 Å². The second-order valence-corrected chi connectivity index (χ2v) is 6.08. The van der Waals surface area contributed by atoms with Gasteiger partial charge < -0.3 is 14.2 Å². The average molecular weight is 349 g/mol. The third-order valence-electron chi connectivity index (χ3n) is 4.40. The molecule has 26 heavy (non-hydrogen) atoms. The Hall–Kier alpha value is -3.22. The lowest BCUT2D eigenvalue weighted by molar-refractivity contribution is 0.0706. The van der Waals surface area contributed by atoms with E-state index in [1.165, 1.54) is 0 Å². The van der Waals surface area contributed by atoms with Gasteiger partial charge in [0.1, 0.15) is 17.3 Å². The van der Waals surface area contributed by atoms with Gasteiger partial charge in [0.25, 0.3) is 5.91 Å². The van der Waals surface area contributed by atoms with Gasteiger partial charge in [-0.2, -0.15) is 0 Å². The molecule has 1 aliphatic heterocycles. The summed E-state index contributed by atoms with van der Waals surface area (Å²) in [6, 6.07) is 10.8. The van der Waals surface area contributed by atoms with Crippen LogP contribution in [0.15, 0.2) is 48.8 Å². The van der Waals surface area contributed by atoms with Crippen molar-refractivity contribution in [2.45, 2.75) is 26.4 Å². The third kappa shape index (κ3) is 3.15. The Morgan fingerprint density at radius 1 is 1.12 bits per heavy atom. The minimum atomic E-state index is -0.00905. The van der Waals surface area contributed by atoms with Crippen LogP contribution in [-0.2, 0) is 19.5 Å². The fraction of sp³-hybridized carbons (Fsp3) is 0.263. The van der Waals surface area contributed by atoms with Crippen LogP contribution in [-0.4, -0.2) is 37.1 Å². The molecular formula is C19H19N5O2. The summed E-state index contributed by atoms with van der Waals surface area (Å²) in [4.78, 5) is 18.6. The molecule has 0 N–H and O–H groups in total. The molecule has 4 rings (SSSR count). The lowest BCUT2D eigenvalue weighted by Crippen LogP contribution is -2.38. The zero-order valence-corrected chi connectivity index (χ0v) is 14.5. The van der Waals surface area contributed by atoms with E-state index in [1.807, 2.05) is 12.1 Å². The number of carbonyl (C=O) groups is 1. The Balaban J connectivity index is 1.45. The van der Waals surface area contributed by atoms with Crippen LogP contribution in [0.2, 0.25) is 0 Å². The molecule has 3 aromatic rings. The van der Waals surface area contributed by atoms with Crippen molar-refractivity contribution >= 4 is 5.91 Å². The van der Waals surface area contributed by atoms with E-state index in [4.69, 9.17) is 4.74 Å². The van der Waals surface area contributed by atoms with E-state index in [2.05, 4.69) is 26.7 Å². The summed E-state index contributed by atoms with van der Waals surface area (Å²) < 4.78 is 7.82. The Kier molecular flexibility index (Phi) is 4.35. The zero-order chi connectivity index (χ0) is 17.9. The van der Waals surface area contributed by atoms with Gasteiger partial charge in [-0.05, 0) is 36.4 Å². The van der Waals surface area contributed by atoms with Crippen LogP contribution in [0.5, 0.6) is 11.5 Å². The van der Waals surface area contributed by atoms with Crippen molar-refractivity contribution in [2.75, 3.05) is 6.54 Å². The van der Waals surface area contributed by atoms with Gasteiger partial charge in [0.2, 0.25) is 0 Å². The number of rotatable bonds is 4. The molecule has 2 aromatic heterocycles. The van der Waals surface area contributed by atoms with Crippen molar-refractivity contribution in [3.8, 4) is 11.5 Å². The highest BCUT2D eigenvalue weighted by atomic mass is 16.5. The summed E-state index contributed by atoms with van der Waals surface area (Å²) in [5.74, 6) is 3.14. The van der Waals surface area contributed by atoms with Gasteiger partial charge in [0.15, 0.2) is 5.82 Å². The lowest BCUT2D eigenvalue weighted by Gasteiger charge is -2.28. The molecule has 7 heteroatoms. The third-order valence-corrected chi connectivity index (χ3v) is 4.40. The number of amides is 1. The summed E-state index contributed by atoms with van der Waals surface area (Å²) in [6.07, 6.45) is 4.18.